The Labute approximate surface area is 121 Å². The Hall–Kier alpha value is -2.92. The summed E-state index contributed by atoms with van der Waals surface area (Å²) in [6.45, 7) is 0. The normalized spacial score (nSPS) is 10.3. The third-order valence-corrected chi connectivity index (χ3v) is 3.16. The number of pyridine rings is 1. The first-order chi connectivity index (χ1) is 10.3. The van der Waals surface area contributed by atoms with Crippen molar-refractivity contribution < 1.29 is 10.0 Å². The molecule has 3 rings (SSSR count). The summed E-state index contributed by atoms with van der Waals surface area (Å²) < 4.78 is 0. The molecule has 0 radical (unpaired) electrons. The molecule has 2 aromatic carbocycles. The zero-order chi connectivity index (χ0) is 14.7. The first kappa shape index (κ1) is 13.1. The molecule has 0 spiro atoms. The Balaban J connectivity index is 1.90. The van der Waals surface area contributed by atoms with Crippen molar-refractivity contribution in [1.29, 1.82) is 0 Å². The van der Waals surface area contributed by atoms with Crippen molar-refractivity contribution in [2.75, 3.05) is 5.32 Å². The van der Waals surface area contributed by atoms with Crippen LogP contribution >= 0.6 is 0 Å². The van der Waals surface area contributed by atoms with E-state index in [0.717, 1.165) is 22.3 Å². The van der Waals surface area contributed by atoms with Gasteiger partial charge in [-0.2, -0.15) is 0 Å². The second-order valence-electron chi connectivity index (χ2n) is 4.52. The predicted molar refractivity (Wildman–Crippen MR) is 80.7 cm³/mol. The van der Waals surface area contributed by atoms with Crippen LogP contribution in [0.4, 0.5) is 11.4 Å². The van der Waals surface area contributed by atoms with Crippen LogP contribution in [0.15, 0.2) is 60.8 Å². The highest BCUT2D eigenvalue weighted by Crippen LogP contribution is 2.24. The van der Waals surface area contributed by atoms with Crippen LogP contribution in [-0.4, -0.2) is 16.1 Å². The van der Waals surface area contributed by atoms with Crippen LogP contribution in [0.25, 0.3) is 10.9 Å². The van der Waals surface area contributed by atoms with Crippen LogP contribution in [0.5, 0.6) is 0 Å². The second-order valence-corrected chi connectivity index (χ2v) is 4.52. The number of carbonyl (C=O) groups is 1. The predicted octanol–water partition coefficient (Wildman–Crippen LogP) is 3.10. The SMILES string of the molecule is O=C(NO)c1ccc(Nc2cccc3cccnc23)cc1. The molecule has 1 amide bonds. The maximum atomic E-state index is 11.3. The van der Waals surface area contributed by atoms with Gasteiger partial charge in [0, 0.05) is 22.8 Å². The van der Waals surface area contributed by atoms with E-state index in [9.17, 15) is 4.79 Å². The number of rotatable bonds is 3. The maximum absolute atomic E-state index is 11.3. The number of nitrogens with zero attached hydrogens (tertiary/aromatic N) is 1. The van der Waals surface area contributed by atoms with E-state index in [2.05, 4.69) is 10.3 Å². The summed E-state index contributed by atoms with van der Waals surface area (Å²) in [7, 11) is 0. The number of nitrogens with one attached hydrogen (secondary N) is 2. The lowest BCUT2D eigenvalue weighted by Crippen LogP contribution is -2.18. The standard InChI is InChI=1S/C16H13N3O2/c20-16(19-21)12-6-8-13(9-7-12)18-14-5-1-3-11-4-2-10-17-15(11)14/h1-10,18,21H,(H,19,20). The molecule has 21 heavy (non-hydrogen) atoms. The molecule has 0 aliphatic carbocycles. The second kappa shape index (κ2) is 5.60. The molecule has 3 aromatic rings. The number of amides is 1. The van der Waals surface area contributed by atoms with E-state index in [1.165, 1.54) is 0 Å². The van der Waals surface area contributed by atoms with Gasteiger partial charge in [0.2, 0.25) is 0 Å². The first-order valence-corrected chi connectivity index (χ1v) is 6.43. The third kappa shape index (κ3) is 2.68. The number of benzene rings is 2. The minimum atomic E-state index is -0.534. The number of para-hydroxylation sites is 1. The summed E-state index contributed by atoms with van der Waals surface area (Å²) in [6.07, 6.45) is 1.75. The van der Waals surface area contributed by atoms with Gasteiger partial charge in [-0.3, -0.25) is 15.0 Å². The highest BCUT2D eigenvalue weighted by molar-refractivity contribution is 5.94. The van der Waals surface area contributed by atoms with Crippen molar-refractivity contribution in [3.8, 4) is 0 Å². The third-order valence-electron chi connectivity index (χ3n) is 3.16. The minimum absolute atomic E-state index is 0.388. The Bertz CT molecular complexity index is 780. The quantitative estimate of drug-likeness (QED) is 0.509. The van der Waals surface area contributed by atoms with E-state index in [-0.39, 0.29) is 0 Å². The molecular weight excluding hydrogens is 266 g/mol. The molecule has 0 fully saturated rings. The van der Waals surface area contributed by atoms with Gasteiger partial charge < -0.3 is 5.32 Å². The summed E-state index contributed by atoms with van der Waals surface area (Å²) in [5.41, 5.74) is 4.61. The maximum Gasteiger partial charge on any atom is 0.274 e. The van der Waals surface area contributed by atoms with Crippen LogP contribution in [0.2, 0.25) is 0 Å². The van der Waals surface area contributed by atoms with Gasteiger partial charge >= 0.3 is 0 Å². The van der Waals surface area contributed by atoms with Crippen LogP contribution in [0.3, 0.4) is 0 Å². The monoisotopic (exact) mass is 279 g/mol. The first-order valence-electron chi connectivity index (χ1n) is 6.43. The van der Waals surface area contributed by atoms with Gasteiger partial charge in [-0.15, -0.1) is 0 Å². The lowest BCUT2D eigenvalue weighted by Gasteiger charge is -2.09. The molecule has 104 valence electrons. The zero-order valence-electron chi connectivity index (χ0n) is 11.1. The highest BCUT2D eigenvalue weighted by Gasteiger charge is 2.05. The summed E-state index contributed by atoms with van der Waals surface area (Å²) >= 11 is 0. The lowest BCUT2D eigenvalue weighted by molar-refractivity contribution is 0.0706. The summed E-state index contributed by atoms with van der Waals surface area (Å²) in [4.78, 5) is 15.6. The summed E-state index contributed by atoms with van der Waals surface area (Å²) in [5, 5.41) is 12.9. The molecule has 0 unspecified atom stereocenters. The number of aromatic nitrogens is 1. The summed E-state index contributed by atoms with van der Waals surface area (Å²) in [6, 6.07) is 16.6. The highest BCUT2D eigenvalue weighted by atomic mass is 16.5. The molecule has 0 saturated heterocycles. The smallest absolute Gasteiger partial charge is 0.274 e. The molecule has 0 saturated carbocycles. The van der Waals surface area contributed by atoms with Gasteiger partial charge in [0.15, 0.2) is 0 Å². The van der Waals surface area contributed by atoms with Crippen molar-refractivity contribution in [3.63, 3.8) is 0 Å². The molecule has 0 aliphatic rings. The number of hydrogen-bond acceptors (Lipinski definition) is 4. The topological polar surface area (TPSA) is 74.2 Å². The average Bonchev–Trinajstić information content (AvgIpc) is 2.55. The van der Waals surface area contributed by atoms with Crippen molar-refractivity contribution in [2.45, 2.75) is 0 Å². The van der Waals surface area contributed by atoms with Crippen molar-refractivity contribution in [2.24, 2.45) is 0 Å². The van der Waals surface area contributed by atoms with Crippen LogP contribution in [-0.2, 0) is 0 Å². The van der Waals surface area contributed by atoms with E-state index < -0.39 is 5.91 Å². The van der Waals surface area contributed by atoms with Gasteiger partial charge in [-0.25, -0.2) is 5.48 Å². The summed E-state index contributed by atoms with van der Waals surface area (Å²) in [5.74, 6) is -0.534. The van der Waals surface area contributed by atoms with Gasteiger partial charge in [0.1, 0.15) is 0 Å². The van der Waals surface area contributed by atoms with E-state index in [1.54, 1.807) is 35.9 Å². The van der Waals surface area contributed by atoms with Gasteiger partial charge in [0.05, 0.1) is 11.2 Å². The van der Waals surface area contributed by atoms with Crippen LogP contribution in [0.1, 0.15) is 10.4 Å². The number of fused-ring (bicyclic) bond motifs is 1. The Morgan fingerprint density at radius 3 is 2.52 bits per heavy atom. The minimum Gasteiger partial charge on any atom is -0.354 e. The number of hydroxylamine groups is 1. The Morgan fingerprint density at radius 2 is 1.76 bits per heavy atom. The van der Waals surface area contributed by atoms with Gasteiger partial charge in [0.25, 0.3) is 5.91 Å². The fourth-order valence-electron chi connectivity index (χ4n) is 2.13. The van der Waals surface area contributed by atoms with Gasteiger partial charge in [-0.1, -0.05) is 18.2 Å². The molecule has 1 aromatic heterocycles. The van der Waals surface area contributed by atoms with E-state index in [0.29, 0.717) is 5.56 Å². The number of anilines is 2. The Kier molecular flexibility index (Phi) is 3.49. The fourth-order valence-corrected chi connectivity index (χ4v) is 2.13. The number of carbonyl (C=O) groups excluding carboxylic acids is 1. The molecule has 3 N–H and O–H groups in total. The largest absolute Gasteiger partial charge is 0.354 e. The molecular formula is C16H13N3O2. The zero-order valence-corrected chi connectivity index (χ0v) is 11.1. The molecule has 5 heteroatoms. The van der Waals surface area contributed by atoms with Crippen molar-refractivity contribution in [1.82, 2.24) is 10.5 Å². The van der Waals surface area contributed by atoms with E-state index >= 15 is 0 Å². The molecule has 0 aliphatic heterocycles. The molecule has 0 bridgehead atoms. The van der Waals surface area contributed by atoms with E-state index in [4.69, 9.17) is 5.21 Å². The van der Waals surface area contributed by atoms with Gasteiger partial charge in [-0.05, 0) is 36.4 Å². The van der Waals surface area contributed by atoms with Crippen molar-refractivity contribution >= 4 is 28.2 Å². The Morgan fingerprint density at radius 1 is 1.00 bits per heavy atom. The fraction of sp³-hybridized carbons (Fsp3) is 0. The van der Waals surface area contributed by atoms with Crippen LogP contribution in [0, 0.1) is 0 Å². The molecule has 5 nitrogen and oxygen atoms in total. The lowest BCUT2D eigenvalue weighted by atomic mass is 10.1. The number of hydrogen-bond donors (Lipinski definition) is 3. The van der Waals surface area contributed by atoms with Crippen molar-refractivity contribution in [3.05, 3.63) is 66.4 Å². The average molecular weight is 279 g/mol. The van der Waals surface area contributed by atoms with E-state index in [1.807, 2.05) is 30.3 Å². The van der Waals surface area contributed by atoms with Crippen LogP contribution < -0.4 is 10.8 Å². The molecule has 1 heterocycles. The molecule has 0 atom stereocenters.